The largest absolute Gasteiger partial charge is 0.504 e. The molecule has 0 aliphatic carbocycles. The molecule has 1 aliphatic heterocycles. The number of hydrogen-bond donors (Lipinski definition) is 1. The van der Waals surface area contributed by atoms with Crippen molar-refractivity contribution < 1.29 is 24.1 Å². The predicted molar refractivity (Wildman–Crippen MR) is 129 cm³/mol. The van der Waals surface area contributed by atoms with Crippen LogP contribution in [0.3, 0.4) is 0 Å². The molecule has 0 amide bonds. The van der Waals surface area contributed by atoms with Gasteiger partial charge in [-0.3, -0.25) is 9.36 Å². The van der Waals surface area contributed by atoms with Crippen molar-refractivity contribution in [2.24, 2.45) is 4.99 Å². The summed E-state index contributed by atoms with van der Waals surface area (Å²) in [7, 11) is 3.04. The van der Waals surface area contributed by atoms with Gasteiger partial charge in [0.15, 0.2) is 16.3 Å². The number of phenolic OH excluding ortho intramolecular Hbond substituents is 1. The maximum atomic E-state index is 13.3. The maximum Gasteiger partial charge on any atom is 0.338 e. The molecule has 9 heteroatoms. The number of nitrogens with zero attached hydrogens (tertiary/aromatic N) is 2. The minimum atomic E-state index is -0.722. The van der Waals surface area contributed by atoms with E-state index in [-0.39, 0.29) is 29.2 Å². The summed E-state index contributed by atoms with van der Waals surface area (Å²) in [6, 6.07) is 11.4. The van der Waals surface area contributed by atoms with Crippen LogP contribution in [0.1, 0.15) is 31.0 Å². The van der Waals surface area contributed by atoms with Gasteiger partial charge in [0.2, 0.25) is 0 Å². The van der Waals surface area contributed by atoms with E-state index >= 15 is 0 Å². The van der Waals surface area contributed by atoms with Gasteiger partial charge in [0.05, 0.1) is 30.9 Å². The minimum Gasteiger partial charge on any atom is -0.504 e. The molecule has 0 bridgehead atoms. The number of ether oxygens (including phenoxy) is 3. The molecule has 0 saturated heterocycles. The van der Waals surface area contributed by atoms with Crippen LogP contribution in [0.4, 0.5) is 0 Å². The lowest BCUT2D eigenvalue weighted by atomic mass is 9.96. The number of fused-ring (bicyclic) bond motifs is 1. The predicted octanol–water partition coefficient (Wildman–Crippen LogP) is 2.63. The second kappa shape index (κ2) is 9.56. The number of phenols is 1. The van der Waals surface area contributed by atoms with Crippen molar-refractivity contribution >= 4 is 29.1 Å². The molecule has 3 aromatic rings. The topological polar surface area (TPSA) is 99.4 Å². The summed E-state index contributed by atoms with van der Waals surface area (Å²) in [5.41, 5.74) is 1.92. The molecule has 176 valence electrons. The summed E-state index contributed by atoms with van der Waals surface area (Å²) >= 11 is 1.24. The SMILES string of the molecule is CCOC(=O)C1=C(C)n2c(s/c(=C\c3ccc(OC)cc3)c2=O)=N[C@H]1c1ccc(O)c(OC)c1. The highest BCUT2D eigenvalue weighted by atomic mass is 32.1. The van der Waals surface area contributed by atoms with E-state index in [0.717, 1.165) is 11.3 Å². The van der Waals surface area contributed by atoms with Crippen molar-refractivity contribution in [3.05, 3.63) is 78.9 Å². The zero-order valence-electron chi connectivity index (χ0n) is 19.2. The Bertz CT molecular complexity index is 1450. The third-order valence-electron chi connectivity index (χ3n) is 5.47. The van der Waals surface area contributed by atoms with E-state index < -0.39 is 12.0 Å². The molecular weight excluding hydrogens is 456 g/mol. The number of methoxy groups -OCH3 is 2. The molecule has 8 nitrogen and oxygen atoms in total. The Morgan fingerprint density at radius 2 is 1.91 bits per heavy atom. The van der Waals surface area contributed by atoms with Gasteiger partial charge in [-0.2, -0.15) is 0 Å². The van der Waals surface area contributed by atoms with Crippen molar-refractivity contribution in [1.82, 2.24) is 4.57 Å². The van der Waals surface area contributed by atoms with Crippen molar-refractivity contribution in [2.45, 2.75) is 19.9 Å². The molecule has 2 aromatic carbocycles. The number of carbonyl (C=O) groups excluding carboxylic acids is 1. The number of benzene rings is 2. The van der Waals surface area contributed by atoms with Crippen LogP contribution in [-0.4, -0.2) is 36.5 Å². The highest BCUT2D eigenvalue weighted by Gasteiger charge is 2.31. The van der Waals surface area contributed by atoms with Gasteiger partial charge in [-0.25, -0.2) is 9.79 Å². The van der Waals surface area contributed by atoms with Crippen LogP contribution in [0.2, 0.25) is 0 Å². The maximum absolute atomic E-state index is 13.3. The lowest BCUT2D eigenvalue weighted by Crippen LogP contribution is -2.35. The number of allylic oxidation sites excluding steroid dienone is 1. The molecule has 1 aliphatic rings. The van der Waals surface area contributed by atoms with Gasteiger partial charge in [0.1, 0.15) is 11.8 Å². The normalized spacial score (nSPS) is 15.5. The number of carbonyl (C=O) groups is 1. The lowest BCUT2D eigenvalue weighted by molar-refractivity contribution is -0.138. The Hall–Kier alpha value is -3.85. The first-order chi connectivity index (χ1) is 16.4. The van der Waals surface area contributed by atoms with Gasteiger partial charge in [-0.15, -0.1) is 0 Å². The third kappa shape index (κ3) is 4.22. The second-order valence-corrected chi connectivity index (χ2v) is 8.50. The molecule has 4 rings (SSSR count). The van der Waals surface area contributed by atoms with Crippen LogP contribution in [0, 0.1) is 0 Å². The Labute approximate surface area is 199 Å². The van der Waals surface area contributed by atoms with Crippen molar-refractivity contribution in [1.29, 1.82) is 0 Å². The van der Waals surface area contributed by atoms with Crippen LogP contribution in [0.25, 0.3) is 11.8 Å². The van der Waals surface area contributed by atoms with Crippen LogP contribution >= 0.6 is 11.3 Å². The second-order valence-electron chi connectivity index (χ2n) is 7.49. The Morgan fingerprint density at radius 1 is 1.18 bits per heavy atom. The van der Waals surface area contributed by atoms with Crippen LogP contribution in [0.5, 0.6) is 17.2 Å². The molecule has 34 heavy (non-hydrogen) atoms. The number of thiazole rings is 1. The lowest BCUT2D eigenvalue weighted by Gasteiger charge is -2.22. The van der Waals surface area contributed by atoms with E-state index in [0.29, 0.717) is 20.6 Å². The highest BCUT2D eigenvalue weighted by molar-refractivity contribution is 7.07. The number of aromatic hydroxyl groups is 1. The fourth-order valence-electron chi connectivity index (χ4n) is 3.77. The van der Waals surface area contributed by atoms with Gasteiger partial charge in [0, 0.05) is 5.70 Å². The number of aromatic nitrogens is 1. The van der Waals surface area contributed by atoms with Crippen molar-refractivity contribution in [3.8, 4) is 17.2 Å². The van der Waals surface area contributed by atoms with Gasteiger partial charge in [-0.05, 0) is 55.3 Å². The molecule has 0 radical (unpaired) electrons. The van der Waals surface area contributed by atoms with E-state index in [4.69, 9.17) is 19.2 Å². The molecule has 0 unspecified atom stereocenters. The summed E-state index contributed by atoms with van der Waals surface area (Å²) in [6.07, 6.45) is 1.78. The number of rotatable bonds is 6. The van der Waals surface area contributed by atoms with Crippen LogP contribution in [-0.2, 0) is 9.53 Å². The van der Waals surface area contributed by atoms with E-state index in [1.165, 1.54) is 29.1 Å². The smallest absolute Gasteiger partial charge is 0.338 e. The molecular formula is C25H24N2O6S. The molecule has 1 atom stereocenters. The first-order valence-electron chi connectivity index (χ1n) is 10.6. The summed E-state index contributed by atoms with van der Waals surface area (Å²) in [5, 5.41) is 10.0. The summed E-state index contributed by atoms with van der Waals surface area (Å²) in [5.74, 6) is 0.408. The molecule has 1 aromatic heterocycles. The number of hydrogen-bond acceptors (Lipinski definition) is 8. The van der Waals surface area contributed by atoms with Crippen molar-refractivity contribution in [3.63, 3.8) is 0 Å². The van der Waals surface area contributed by atoms with E-state index in [1.807, 2.05) is 24.3 Å². The molecule has 0 spiro atoms. The molecule has 0 fully saturated rings. The molecule has 2 heterocycles. The fourth-order valence-corrected chi connectivity index (χ4v) is 4.81. The first-order valence-corrected chi connectivity index (χ1v) is 11.4. The van der Waals surface area contributed by atoms with Crippen molar-refractivity contribution in [2.75, 3.05) is 20.8 Å². The summed E-state index contributed by atoms with van der Waals surface area (Å²) < 4.78 is 17.6. The zero-order chi connectivity index (χ0) is 24.4. The zero-order valence-corrected chi connectivity index (χ0v) is 20.0. The first kappa shape index (κ1) is 23.3. The van der Waals surface area contributed by atoms with E-state index in [9.17, 15) is 14.7 Å². The Morgan fingerprint density at radius 3 is 2.56 bits per heavy atom. The Balaban J connectivity index is 1.92. The summed E-state index contributed by atoms with van der Waals surface area (Å²) in [4.78, 5) is 31.4. The van der Waals surface area contributed by atoms with Crippen LogP contribution < -0.4 is 24.4 Å². The van der Waals surface area contributed by atoms with E-state index in [1.54, 1.807) is 39.2 Å². The standard InChI is InChI=1S/C25H24N2O6S/c1-5-33-24(30)21-14(2)27-23(29)20(12-15-6-9-17(31-3)10-7-15)34-25(27)26-22(21)16-8-11-18(28)19(13-16)32-4/h6-13,22,28H,5H2,1-4H3/b20-12-/t22-/m0/s1. The van der Waals surface area contributed by atoms with Gasteiger partial charge >= 0.3 is 5.97 Å². The summed E-state index contributed by atoms with van der Waals surface area (Å²) in [6.45, 7) is 3.61. The Kier molecular flexibility index (Phi) is 6.56. The monoisotopic (exact) mass is 480 g/mol. The van der Waals surface area contributed by atoms with Crippen LogP contribution in [0.15, 0.2) is 57.8 Å². The minimum absolute atomic E-state index is 0.0233. The van der Waals surface area contributed by atoms with E-state index in [2.05, 4.69) is 0 Å². The average Bonchev–Trinajstić information content (AvgIpc) is 3.15. The van der Waals surface area contributed by atoms with Gasteiger partial charge < -0.3 is 19.3 Å². The van der Waals surface area contributed by atoms with Gasteiger partial charge in [0.25, 0.3) is 5.56 Å². The highest BCUT2D eigenvalue weighted by Crippen LogP contribution is 2.36. The average molecular weight is 481 g/mol. The quantitative estimate of drug-likeness (QED) is 0.545. The molecule has 0 saturated carbocycles. The molecule has 1 N–H and O–H groups in total. The third-order valence-corrected chi connectivity index (χ3v) is 6.46. The number of esters is 1. The van der Waals surface area contributed by atoms with Gasteiger partial charge in [-0.1, -0.05) is 29.5 Å². The fraction of sp³-hybridized carbons (Fsp3) is 0.240.